The number of hydrogen-bond donors (Lipinski definition) is 0. The second-order valence-electron chi connectivity index (χ2n) is 5.95. The Bertz CT molecular complexity index is 831. The molecule has 0 aliphatic carbocycles. The summed E-state index contributed by atoms with van der Waals surface area (Å²) in [6.45, 7) is 1.37. The van der Waals surface area contributed by atoms with Crippen molar-refractivity contribution in [3.05, 3.63) is 60.7 Å². The van der Waals surface area contributed by atoms with Gasteiger partial charge in [0.25, 0.3) is 5.91 Å². The number of piperidine rings is 1. The lowest BCUT2D eigenvalue weighted by atomic mass is 10.1. The average Bonchev–Trinajstić information content (AvgIpc) is 3.17. The first-order valence-corrected chi connectivity index (χ1v) is 8.13. The van der Waals surface area contributed by atoms with E-state index in [4.69, 9.17) is 9.15 Å². The van der Waals surface area contributed by atoms with Gasteiger partial charge in [-0.2, -0.15) is 0 Å². The smallest absolute Gasteiger partial charge is 0.257 e. The van der Waals surface area contributed by atoms with Crippen molar-refractivity contribution < 1.29 is 13.9 Å². The van der Waals surface area contributed by atoms with E-state index in [9.17, 15) is 4.79 Å². The number of likely N-dealkylation sites (tertiary alicyclic amines) is 1. The van der Waals surface area contributed by atoms with Crippen LogP contribution in [0.25, 0.3) is 10.9 Å². The number of carbonyl (C=O) groups excluding carboxylic acids is 1. The molecule has 5 heteroatoms. The van der Waals surface area contributed by atoms with Gasteiger partial charge in [0, 0.05) is 37.5 Å². The van der Waals surface area contributed by atoms with Crippen LogP contribution < -0.4 is 4.74 Å². The molecule has 4 rings (SSSR count). The molecular formula is C19H18N2O3. The minimum Gasteiger partial charge on any atom is -0.488 e. The summed E-state index contributed by atoms with van der Waals surface area (Å²) in [6.07, 6.45) is 6.52. The van der Waals surface area contributed by atoms with E-state index >= 15 is 0 Å². The number of para-hydroxylation sites is 1. The minimum absolute atomic E-state index is 0.0222. The third-order valence-electron chi connectivity index (χ3n) is 4.39. The molecule has 1 saturated heterocycles. The van der Waals surface area contributed by atoms with Crippen molar-refractivity contribution >= 4 is 16.8 Å². The Morgan fingerprint density at radius 3 is 2.79 bits per heavy atom. The van der Waals surface area contributed by atoms with Crippen molar-refractivity contribution in [2.75, 3.05) is 13.1 Å². The molecule has 1 aromatic carbocycles. The predicted molar refractivity (Wildman–Crippen MR) is 90.0 cm³/mol. The van der Waals surface area contributed by atoms with Crippen LogP contribution in [0, 0.1) is 0 Å². The van der Waals surface area contributed by atoms with Crippen LogP contribution in [0.2, 0.25) is 0 Å². The van der Waals surface area contributed by atoms with Gasteiger partial charge in [-0.1, -0.05) is 18.2 Å². The van der Waals surface area contributed by atoms with Gasteiger partial charge >= 0.3 is 0 Å². The summed E-state index contributed by atoms with van der Waals surface area (Å²) in [7, 11) is 0. The van der Waals surface area contributed by atoms with Gasteiger partial charge in [-0.3, -0.25) is 9.78 Å². The van der Waals surface area contributed by atoms with Crippen LogP contribution in [-0.2, 0) is 0 Å². The Hall–Kier alpha value is -2.82. The quantitative estimate of drug-likeness (QED) is 0.740. The third-order valence-corrected chi connectivity index (χ3v) is 4.39. The van der Waals surface area contributed by atoms with Crippen molar-refractivity contribution in [2.24, 2.45) is 0 Å². The van der Waals surface area contributed by atoms with Crippen LogP contribution >= 0.6 is 0 Å². The summed E-state index contributed by atoms with van der Waals surface area (Å²) < 4.78 is 11.2. The summed E-state index contributed by atoms with van der Waals surface area (Å²) in [4.78, 5) is 18.6. The first-order valence-electron chi connectivity index (χ1n) is 8.13. The maximum atomic E-state index is 12.3. The number of rotatable bonds is 3. The highest BCUT2D eigenvalue weighted by Crippen LogP contribution is 2.26. The van der Waals surface area contributed by atoms with E-state index in [1.54, 1.807) is 12.3 Å². The Morgan fingerprint density at radius 1 is 1.17 bits per heavy atom. The third kappa shape index (κ3) is 2.85. The fraction of sp³-hybridized carbons (Fsp3) is 0.263. The van der Waals surface area contributed by atoms with E-state index in [2.05, 4.69) is 4.98 Å². The zero-order valence-corrected chi connectivity index (χ0v) is 13.2. The number of furan rings is 1. The minimum atomic E-state index is 0.0222. The van der Waals surface area contributed by atoms with Crippen molar-refractivity contribution in [1.82, 2.24) is 9.88 Å². The molecule has 0 radical (unpaired) electrons. The molecule has 5 nitrogen and oxygen atoms in total. The molecule has 2 aromatic heterocycles. The average molecular weight is 322 g/mol. The number of nitrogens with zero attached hydrogens (tertiary/aromatic N) is 2. The van der Waals surface area contributed by atoms with Crippen LogP contribution in [0.15, 0.2) is 59.5 Å². The van der Waals surface area contributed by atoms with Crippen LogP contribution in [0.1, 0.15) is 23.2 Å². The largest absolute Gasteiger partial charge is 0.488 e. The predicted octanol–water partition coefficient (Wildman–Crippen LogP) is 3.51. The molecule has 0 atom stereocenters. The van der Waals surface area contributed by atoms with Crippen LogP contribution in [0.5, 0.6) is 5.75 Å². The van der Waals surface area contributed by atoms with E-state index in [1.165, 1.54) is 12.5 Å². The number of ether oxygens (including phenoxy) is 1. The lowest BCUT2D eigenvalue weighted by Crippen LogP contribution is -2.41. The van der Waals surface area contributed by atoms with E-state index in [-0.39, 0.29) is 12.0 Å². The van der Waals surface area contributed by atoms with Crippen molar-refractivity contribution in [3.63, 3.8) is 0 Å². The molecule has 0 unspecified atom stereocenters. The normalized spacial score (nSPS) is 15.6. The van der Waals surface area contributed by atoms with E-state index < -0.39 is 0 Å². The number of carbonyl (C=O) groups is 1. The second-order valence-corrected chi connectivity index (χ2v) is 5.95. The molecule has 122 valence electrons. The molecule has 1 amide bonds. The van der Waals surface area contributed by atoms with Crippen LogP contribution in [0.4, 0.5) is 0 Å². The molecular weight excluding hydrogens is 304 g/mol. The molecule has 1 aliphatic heterocycles. The zero-order chi connectivity index (χ0) is 16.4. The standard InChI is InChI=1S/C19H18N2O3/c22-19(15-8-12-23-13-15)21-10-6-16(7-11-21)24-17-5-1-3-14-4-2-9-20-18(14)17/h1-5,8-9,12-13,16H,6-7,10-11H2. The van der Waals surface area contributed by atoms with Gasteiger partial charge < -0.3 is 14.1 Å². The fourth-order valence-corrected chi connectivity index (χ4v) is 3.10. The fourth-order valence-electron chi connectivity index (χ4n) is 3.10. The maximum absolute atomic E-state index is 12.3. The van der Waals surface area contributed by atoms with Crippen molar-refractivity contribution in [1.29, 1.82) is 0 Å². The highest BCUT2D eigenvalue weighted by Gasteiger charge is 2.25. The summed E-state index contributed by atoms with van der Waals surface area (Å²) in [6, 6.07) is 11.6. The summed E-state index contributed by atoms with van der Waals surface area (Å²) in [5.41, 5.74) is 1.49. The number of hydrogen-bond acceptors (Lipinski definition) is 4. The Labute approximate surface area is 139 Å². The number of amides is 1. The molecule has 0 bridgehead atoms. The lowest BCUT2D eigenvalue weighted by molar-refractivity contribution is 0.0597. The highest BCUT2D eigenvalue weighted by atomic mass is 16.5. The van der Waals surface area contributed by atoms with Crippen LogP contribution in [0.3, 0.4) is 0 Å². The monoisotopic (exact) mass is 322 g/mol. The molecule has 0 saturated carbocycles. The number of benzene rings is 1. The van der Waals surface area contributed by atoms with Crippen molar-refractivity contribution in [3.8, 4) is 5.75 Å². The SMILES string of the molecule is O=C(c1ccoc1)N1CCC(Oc2cccc3cccnc23)CC1. The lowest BCUT2D eigenvalue weighted by Gasteiger charge is -2.32. The number of aromatic nitrogens is 1. The van der Waals surface area contributed by atoms with Gasteiger partial charge in [0.2, 0.25) is 0 Å². The van der Waals surface area contributed by atoms with E-state index in [1.807, 2.05) is 35.2 Å². The zero-order valence-electron chi connectivity index (χ0n) is 13.2. The first kappa shape index (κ1) is 14.8. The molecule has 3 heterocycles. The Balaban J connectivity index is 1.42. The first-order chi connectivity index (χ1) is 11.8. The summed E-state index contributed by atoms with van der Waals surface area (Å²) in [5.74, 6) is 0.835. The van der Waals surface area contributed by atoms with Gasteiger partial charge in [0.1, 0.15) is 23.6 Å². The van der Waals surface area contributed by atoms with Crippen LogP contribution in [-0.4, -0.2) is 35.0 Å². The van der Waals surface area contributed by atoms with E-state index in [0.29, 0.717) is 18.7 Å². The van der Waals surface area contributed by atoms with Crippen molar-refractivity contribution in [2.45, 2.75) is 18.9 Å². The van der Waals surface area contributed by atoms with Gasteiger partial charge in [-0.15, -0.1) is 0 Å². The molecule has 3 aromatic rings. The molecule has 24 heavy (non-hydrogen) atoms. The molecule has 1 fully saturated rings. The topological polar surface area (TPSA) is 55.6 Å². The number of fused-ring (bicyclic) bond motifs is 1. The molecule has 0 N–H and O–H groups in total. The second kappa shape index (κ2) is 6.35. The van der Waals surface area contributed by atoms with E-state index in [0.717, 1.165) is 29.5 Å². The maximum Gasteiger partial charge on any atom is 0.257 e. The van der Waals surface area contributed by atoms with Gasteiger partial charge in [-0.25, -0.2) is 0 Å². The highest BCUT2D eigenvalue weighted by molar-refractivity contribution is 5.93. The number of pyridine rings is 1. The summed E-state index contributed by atoms with van der Waals surface area (Å²) >= 11 is 0. The molecule has 0 spiro atoms. The van der Waals surface area contributed by atoms with Gasteiger partial charge in [0.05, 0.1) is 11.8 Å². The van der Waals surface area contributed by atoms with Gasteiger partial charge in [-0.05, 0) is 18.2 Å². The molecule has 1 aliphatic rings. The summed E-state index contributed by atoms with van der Waals surface area (Å²) in [5, 5.41) is 1.07. The van der Waals surface area contributed by atoms with Gasteiger partial charge in [0.15, 0.2) is 0 Å². The Morgan fingerprint density at radius 2 is 2.00 bits per heavy atom. The Kier molecular flexibility index (Phi) is 3.91.